The average Bonchev–Trinajstić information content (AvgIpc) is 2.94. The molecule has 0 aliphatic carbocycles. The summed E-state index contributed by atoms with van der Waals surface area (Å²) in [5.41, 5.74) is 3.50. The molecule has 0 aliphatic rings. The lowest BCUT2D eigenvalue weighted by Gasteiger charge is -2.09. The van der Waals surface area contributed by atoms with Gasteiger partial charge in [-0.25, -0.2) is 0 Å². The average molecular weight is 287 g/mol. The molecule has 114 valence electrons. The fourth-order valence-corrected chi connectivity index (χ4v) is 2.25. The first-order valence-electron chi connectivity index (χ1n) is 7.74. The summed E-state index contributed by atoms with van der Waals surface area (Å²) >= 11 is 0. The van der Waals surface area contributed by atoms with Crippen molar-refractivity contribution in [3.8, 4) is 5.75 Å². The molecular weight excluding hydrogens is 262 g/mol. The first kappa shape index (κ1) is 15.6. The molecule has 1 aromatic heterocycles. The Morgan fingerprint density at radius 3 is 2.76 bits per heavy atom. The molecule has 0 aliphatic heterocycles. The van der Waals surface area contributed by atoms with E-state index in [0.29, 0.717) is 6.61 Å². The van der Waals surface area contributed by atoms with Crippen LogP contribution >= 0.6 is 0 Å². The van der Waals surface area contributed by atoms with E-state index >= 15 is 0 Å². The Labute approximate surface area is 127 Å². The van der Waals surface area contributed by atoms with Crippen molar-refractivity contribution < 1.29 is 4.74 Å². The Balaban J connectivity index is 2.00. The molecule has 0 fully saturated rings. The molecule has 1 N–H and O–H groups in total. The van der Waals surface area contributed by atoms with Crippen molar-refractivity contribution in [2.45, 2.75) is 46.9 Å². The van der Waals surface area contributed by atoms with Gasteiger partial charge in [-0.15, -0.1) is 0 Å². The maximum Gasteiger partial charge on any atom is 0.130 e. The summed E-state index contributed by atoms with van der Waals surface area (Å²) in [6.07, 6.45) is 0.957. The Morgan fingerprint density at radius 2 is 2.05 bits per heavy atom. The molecular formula is C17H25N3O. The smallest absolute Gasteiger partial charge is 0.130 e. The molecule has 21 heavy (non-hydrogen) atoms. The van der Waals surface area contributed by atoms with Crippen LogP contribution < -0.4 is 10.1 Å². The maximum atomic E-state index is 5.92. The van der Waals surface area contributed by atoms with Crippen LogP contribution in [0.2, 0.25) is 0 Å². The topological polar surface area (TPSA) is 39.1 Å². The Morgan fingerprint density at radius 1 is 1.19 bits per heavy atom. The Hall–Kier alpha value is -1.81. The van der Waals surface area contributed by atoms with Crippen LogP contribution in [0.15, 0.2) is 30.3 Å². The van der Waals surface area contributed by atoms with Gasteiger partial charge in [0.2, 0.25) is 0 Å². The van der Waals surface area contributed by atoms with Crippen LogP contribution in [0.25, 0.3) is 0 Å². The van der Waals surface area contributed by atoms with Gasteiger partial charge in [-0.05, 0) is 43.7 Å². The molecule has 0 bridgehead atoms. The van der Waals surface area contributed by atoms with Crippen LogP contribution in [0.4, 0.5) is 0 Å². The van der Waals surface area contributed by atoms with Crippen molar-refractivity contribution >= 4 is 0 Å². The van der Waals surface area contributed by atoms with E-state index in [0.717, 1.165) is 43.2 Å². The second-order valence-corrected chi connectivity index (χ2v) is 5.01. The van der Waals surface area contributed by atoms with E-state index in [1.165, 1.54) is 5.56 Å². The van der Waals surface area contributed by atoms with Crippen LogP contribution in [0.5, 0.6) is 5.75 Å². The molecule has 0 spiro atoms. The predicted octanol–water partition coefficient (Wildman–Crippen LogP) is 3.15. The minimum Gasteiger partial charge on any atom is -0.487 e. The zero-order chi connectivity index (χ0) is 15.1. The molecule has 1 aromatic carbocycles. The largest absolute Gasteiger partial charge is 0.487 e. The third-order valence-electron chi connectivity index (χ3n) is 3.44. The Bertz CT molecular complexity index is 563. The van der Waals surface area contributed by atoms with Gasteiger partial charge in [-0.2, -0.15) is 5.10 Å². The summed E-state index contributed by atoms with van der Waals surface area (Å²) in [6.45, 7) is 9.62. The number of hydrogen-bond acceptors (Lipinski definition) is 3. The molecule has 4 heteroatoms. The number of rotatable bonds is 8. The van der Waals surface area contributed by atoms with E-state index in [1.54, 1.807) is 0 Å². The van der Waals surface area contributed by atoms with E-state index in [9.17, 15) is 0 Å². The molecule has 2 aromatic rings. The van der Waals surface area contributed by atoms with Gasteiger partial charge in [0.25, 0.3) is 0 Å². The van der Waals surface area contributed by atoms with E-state index in [1.807, 2.05) is 16.8 Å². The molecule has 0 unspecified atom stereocenters. The van der Waals surface area contributed by atoms with E-state index < -0.39 is 0 Å². The fourth-order valence-electron chi connectivity index (χ4n) is 2.25. The lowest BCUT2D eigenvalue weighted by Crippen LogP contribution is -2.11. The van der Waals surface area contributed by atoms with E-state index in [4.69, 9.17) is 4.74 Å². The number of nitrogens with zero attached hydrogens (tertiary/aromatic N) is 2. The molecule has 1 heterocycles. The molecule has 0 saturated carbocycles. The molecule has 2 rings (SSSR count). The SMILES string of the molecule is CCNCc1cccc(OCc2cc(CC)nn2CC)c1. The predicted molar refractivity (Wildman–Crippen MR) is 85.4 cm³/mol. The normalized spacial score (nSPS) is 10.8. The Kier molecular flexibility index (Phi) is 5.81. The van der Waals surface area contributed by atoms with Crippen molar-refractivity contribution in [2.24, 2.45) is 0 Å². The van der Waals surface area contributed by atoms with Crippen LogP contribution in [0.3, 0.4) is 0 Å². The van der Waals surface area contributed by atoms with Crippen molar-refractivity contribution in [1.29, 1.82) is 0 Å². The zero-order valence-corrected chi connectivity index (χ0v) is 13.2. The quantitative estimate of drug-likeness (QED) is 0.810. The van der Waals surface area contributed by atoms with Gasteiger partial charge in [0.05, 0.1) is 11.4 Å². The number of aromatic nitrogens is 2. The van der Waals surface area contributed by atoms with E-state index in [-0.39, 0.29) is 0 Å². The molecule has 0 radical (unpaired) electrons. The first-order chi connectivity index (χ1) is 10.3. The monoisotopic (exact) mass is 287 g/mol. The highest BCUT2D eigenvalue weighted by atomic mass is 16.5. The first-order valence-corrected chi connectivity index (χ1v) is 7.74. The maximum absolute atomic E-state index is 5.92. The summed E-state index contributed by atoms with van der Waals surface area (Å²) in [6, 6.07) is 10.4. The van der Waals surface area contributed by atoms with Crippen molar-refractivity contribution in [3.05, 3.63) is 47.3 Å². The lowest BCUT2D eigenvalue weighted by atomic mass is 10.2. The molecule has 0 saturated heterocycles. The van der Waals surface area contributed by atoms with Crippen LogP contribution in [-0.2, 0) is 26.1 Å². The second kappa shape index (κ2) is 7.84. The molecule has 0 atom stereocenters. The second-order valence-electron chi connectivity index (χ2n) is 5.01. The van der Waals surface area contributed by atoms with Crippen LogP contribution in [0, 0.1) is 0 Å². The third kappa shape index (κ3) is 4.33. The molecule has 0 amide bonds. The van der Waals surface area contributed by atoms with Gasteiger partial charge >= 0.3 is 0 Å². The van der Waals surface area contributed by atoms with Gasteiger partial charge in [-0.3, -0.25) is 4.68 Å². The van der Waals surface area contributed by atoms with Crippen molar-refractivity contribution in [1.82, 2.24) is 15.1 Å². The van der Waals surface area contributed by atoms with Crippen LogP contribution in [-0.4, -0.2) is 16.3 Å². The van der Waals surface area contributed by atoms with Gasteiger partial charge in [-0.1, -0.05) is 26.0 Å². The highest BCUT2D eigenvalue weighted by Gasteiger charge is 2.06. The lowest BCUT2D eigenvalue weighted by molar-refractivity contribution is 0.292. The summed E-state index contributed by atoms with van der Waals surface area (Å²) in [4.78, 5) is 0. The van der Waals surface area contributed by atoms with E-state index in [2.05, 4.69) is 49.4 Å². The third-order valence-corrected chi connectivity index (χ3v) is 3.44. The van der Waals surface area contributed by atoms with Gasteiger partial charge in [0.1, 0.15) is 12.4 Å². The standard InChI is InChI=1S/C17H25N3O/c1-4-15-11-16(20(6-3)19-15)13-21-17-9-7-8-14(10-17)12-18-5-2/h7-11,18H,4-6,12-13H2,1-3H3. The van der Waals surface area contributed by atoms with Gasteiger partial charge in [0, 0.05) is 13.1 Å². The van der Waals surface area contributed by atoms with Crippen molar-refractivity contribution in [2.75, 3.05) is 6.54 Å². The minimum atomic E-state index is 0.561. The van der Waals surface area contributed by atoms with Gasteiger partial charge < -0.3 is 10.1 Å². The number of aryl methyl sites for hydroxylation is 2. The van der Waals surface area contributed by atoms with Crippen molar-refractivity contribution in [3.63, 3.8) is 0 Å². The fraction of sp³-hybridized carbons (Fsp3) is 0.471. The number of benzene rings is 1. The highest BCUT2D eigenvalue weighted by molar-refractivity contribution is 5.28. The summed E-state index contributed by atoms with van der Waals surface area (Å²) in [5, 5.41) is 7.87. The molecule has 4 nitrogen and oxygen atoms in total. The summed E-state index contributed by atoms with van der Waals surface area (Å²) in [5.74, 6) is 0.910. The summed E-state index contributed by atoms with van der Waals surface area (Å²) in [7, 11) is 0. The minimum absolute atomic E-state index is 0.561. The summed E-state index contributed by atoms with van der Waals surface area (Å²) < 4.78 is 7.94. The number of nitrogens with one attached hydrogen (secondary N) is 1. The number of ether oxygens (including phenoxy) is 1. The zero-order valence-electron chi connectivity index (χ0n) is 13.2. The van der Waals surface area contributed by atoms with Gasteiger partial charge in [0.15, 0.2) is 0 Å². The van der Waals surface area contributed by atoms with Crippen LogP contribution in [0.1, 0.15) is 37.7 Å². The highest BCUT2D eigenvalue weighted by Crippen LogP contribution is 2.16. The number of hydrogen-bond donors (Lipinski definition) is 1.